The zero-order chi connectivity index (χ0) is 23.7. The lowest BCUT2D eigenvalue weighted by Crippen LogP contribution is -2.33. The highest BCUT2D eigenvalue weighted by atomic mass is 35.5. The van der Waals surface area contributed by atoms with Gasteiger partial charge in [-0.1, -0.05) is 41.4 Å². The van der Waals surface area contributed by atoms with E-state index in [0.717, 1.165) is 29.4 Å². The van der Waals surface area contributed by atoms with Crippen molar-refractivity contribution >= 4 is 62.4 Å². The average Bonchev–Trinajstić information content (AvgIpc) is 2.85. The van der Waals surface area contributed by atoms with Gasteiger partial charge in [-0.15, -0.1) is 0 Å². The number of benzene rings is 3. The Hall–Kier alpha value is -3.00. The number of nitrogens with one attached hydrogen (secondary N) is 1. The Morgan fingerprint density at radius 1 is 1.00 bits per heavy atom. The summed E-state index contributed by atoms with van der Waals surface area (Å²) >= 11 is 12.9. The summed E-state index contributed by atoms with van der Waals surface area (Å²) in [6.45, 7) is 0.707. The number of hydrogen-bond acceptors (Lipinski definition) is 4. The topological polar surface area (TPSA) is 75.2 Å². The highest BCUT2D eigenvalue weighted by Crippen LogP contribution is 2.31. The third-order valence-electron chi connectivity index (χ3n) is 5.62. The van der Waals surface area contributed by atoms with Gasteiger partial charge in [0.25, 0.3) is 5.91 Å². The Morgan fingerprint density at radius 2 is 1.85 bits per heavy atom. The quantitative estimate of drug-likeness (QED) is 0.358. The van der Waals surface area contributed by atoms with Crippen LogP contribution in [0.1, 0.15) is 23.2 Å². The van der Waals surface area contributed by atoms with Crippen LogP contribution in [0.4, 0.5) is 11.4 Å². The molecule has 1 aliphatic heterocycles. The van der Waals surface area contributed by atoms with Crippen molar-refractivity contribution in [2.45, 2.75) is 12.8 Å². The fraction of sp³-hybridized carbons (Fsp3) is 0.160. The number of amides is 1. The van der Waals surface area contributed by atoms with Crippen LogP contribution in [0.5, 0.6) is 0 Å². The van der Waals surface area contributed by atoms with E-state index in [4.69, 9.17) is 23.2 Å². The number of halogens is 2. The minimum atomic E-state index is -1.07. The van der Waals surface area contributed by atoms with E-state index in [-0.39, 0.29) is 5.91 Å². The zero-order valence-corrected chi connectivity index (χ0v) is 20.3. The van der Waals surface area contributed by atoms with Gasteiger partial charge in [0.2, 0.25) is 0 Å². The summed E-state index contributed by atoms with van der Waals surface area (Å²) in [7, 11) is -1.07. The SMILES string of the molecule is O=C(Nc1ccc(Cl)c(-c2ncc3ccccc3n2)c1)c1ccc(N2CCCCS2=O)cc1Cl. The van der Waals surface area contributed by atoms with Crippen LogP contribution < -0.4 is 9.62 Å². The van der Waals surface area contributed by atoms with Crippen LogP contribution in [0.25, 0.3) is 22.3 Å². The van der Waals surface area contributed by atoms with Crippen LogP contribution in [-0.2, 0) is 11.0 Å². The molecule has 172 valence electrons. The number of carbonyl (C=O) groups excluding carboxylic acids is 1. The molecule has 0 radical (unpaired) electrons. The summed E-state index contributed by atoms with van der Waals surface area (Å²) in [6, 6.07) is 18.0. The van der Waals surface area contributed by atoms with Crippen molar-refractivity contribution in [2.75, 3.05) is 21.9 Å². The van der Waals surface area contributed by atoms with E-state index in [1.165, 1.54) is 0 Å². The number of aromatic nitrogens is 2. The molecular weight excluding hydrogens is 491 g/mol. The smallest absolute Gasteiger partial charge is 0.257 e. The fourth-order valence-corrected chi connectivity index (χ4v) is 5.67. The first-order valence-electron chi connectivity index (χ1n) is 10.8. The van der Waals surface area contributed by atoms with Gasteiger partial charge in [0.05, 0.1) is 26.8 Å². The first kappa shape index (κ1) is 22.8. The van der Waals surface area contributed by atoms with Crippen molar-refractivity contribution in [3.63, 3.8) is 0 Å². The number of nitrogens with zero attached hydrogens (tertiary/aromatic N) is 3. The number of hydrogen-bond donors (Lipinski definition) is 1. The van der Waals surface area contributed by atoms with Crippen molar-refractivity contribution < 1.29 is 9.00 Å². The summed E-state index contributed by atoms with van der Waals surface area (Å²) in [5.41, 5.74) is 3.03. The number of rotatable bonds is 4. The van der Waals surface area contributed by atoms with Gasteiger partial charge >= 0.3 is 0 Å². The summed E-state index contributed by atoms with van der Waals surface area (Å²) in [5, 5.41) is 4.57. The molecule has 6 nitrogen and oxygen atoms in total. The van der Waals surface area contributed by atoms with Gasteiger partial charge in [0, 0.05) is 35.1 Å². The van der Waals surface area contributed by atoms with Gasteiger partial charge < -0.3 is 5.32 Å². The van der Waals surface area contributed by atoms with Crippen molar-refractivity contribution in [1.82, 2.24) is 9.97 Å². The van der Waals surface area contributed by atoms with E-state index in [1.807, 2.05) is 28.6 Å². The van der Waals surface area contributed by atoms with Gasteiger partial charge in [-0.2, -0.15) is 0 Å². The number of para-hydroxylation sites is 1. The normalized spacial score (nSPS) is 15.9. The van der Waals surface area contributed by atoms with Gasteiger partial charge in [0.1, 0.15) is 11.0 Å². The highest BCUT2D eigenvalue weighted by molar-refractivity contribution is 7.86. The maximum atomic E-state index is 13.0. The fourth-order valence-electron chi connectivity index (χ4n) is 3.86. The molecule has 5 rings (SSSR count). The van der Waals surface area contributed by atoms with E-state index in [2.05, 4.69) is 15.3 Å². The molecule has 9 heteroatoms. The largest absolute Gasteiger partial charge is 0.322 e. The van der Waals surface area contributed by atoms with E-state index >= 15 is 0 Å². The van der Waals surface area contributed by atoms with Crippen LogP contribution in [0.15, 0.2) is 66.9 Å². The summed E-state index contributed by atoms with van der Waals surface area (Å²) in [5.74, 6) is 0.750. The minimum absolute atomic E-state index is 0.296. The molecule has 0 aliphatic carbocycles. The lowest BCUT2D eigenvalue weighted by molar-refractivity contribution is 0.102. The van der Waals surface area contributed by atoms with Crippen LogP contribution in [0.2, 0.25) is 10.0 Å². The summed E-state index contributed by atoms with van der Waals surface area (Å²) in [6.07, 6.45) is 3.67. The van der Waals surface area contributed by atoms with E-state index in [1.54, 1.807) is 42.6 Å². The van der Waals surface area contributed by atoms with Gasteiger partial charge in [0.15, 0.2) is 5.82 Å². The molecule has 0 saturated carbocycles. The first-order valence-corrected chi connectivity index (χ1v) is 12.8. The summed E-state index contributed by atoms with van der Waals surface area (Å²) in [4.78, 5) is 22.0. The van der Waals surface area contributed by atoms with Crippen molar-refractivity contribution in [2.24, 2.45) is 0 Å². The van der Waals surface area contributed by atoms with Crippen molar-refractivity contribution in [3.05, 3.63) is 82.5 Å². The van der Waals surface area contributed by atoms with Crippen LogP contribution >= 0.6 is 23.2 Å². The molecule has 3 aromatic carbocycles. The predicted molar refractivity (Wildman–Crippen MR) is 139 cm³/mol. The molecule has 0 spiro atoms. The van der Waals surface area contributed by atoms with Crippen molar-refractivity contribution in [3.8, 4) is 11.4 Å². The molecule has 1 aromatic heterocycles. The Kier molecular flexibility index (Phi) is 6.50. The van der Waals surface area contributed by atoms with Crippen LogP contribution in [0, 0.1) is 0 Å². The molecule has 0 bridgehead atoms. The minimum Gasteiger partial charge on any atom is -0.322 e. The average molecular weight is 511 g/mol. The number of carbonyl (C=O) groups is 1. The maximum Gasteiger partial charge on any atom is 0.257 e. The van der Waals surface area contributed by atoms with Crippen LogP contribution in [-0.4, -0.2) is 32.4 Å². The lowest BCUT2D eigenvalue weighted by Gasteiger charge is -2.27. The second-order valence-corrected chi connectivity index (χ2v) is 10.2. The monoisotopic (exact) mass is 510 g/mol. The number of anilines is 2. The molecule has 2 heterocycles. The van der Waals surface area contributed by atoms with E-state index < -0.39 is 11.0 Å². The molecule has 1 atom stereocenters. The molecule has 1 unspecified atom stereocenters. The Labute approximate surface area is 209 Å². The summed E-state index contributed by atoms with van der Waals surface area (Å²) < 4.78 is 14.1. The third kappa shape index (κ3) is 4.64. The molecule has 1 N–H and O–H groups in total. The second-order valence-electron chi connectivity index (χ2n) is 7.90. The molecule has 1 amide bonds. The highest BCUT2D eigenvalue weighted by Gasteiger charge is 2.20. The Balaban J connectivity index is 1.39. The zero-order valence-electron chi connectivity index (χ0n) is 18.0. The van der Waals surface area contributed by atoms with E-state index in [0.29, 0.717) is 45.0 Å². The van der Waals surface area contributed by atoms with Gasteiger partial charge in [-0.05, 0) is 55.3 Å². The third-order valence-corrected chi connectivity index (χ3v) is 7.78. The number of fused-ring (bicyclic) bond motifs is 1. The molecule has 1 fully saturated rings. The molecule has 34 heavy (non-hydrogen) atoms. The van der Waals surface area contributed by atoms with Gasteiger partial charge in [-0.25, -0.2) is 14.2 Å². The predicted octanol–water partition coefficient (Wildman–Crippen LogP) is 6.12. The lowest BCUT2D eigenvalue weighted by atomic mass is 10.1. The maximum absolute atomic E-state index is 13.0. The Bertz CT molecular complexity index is 1430. The van der Waals surface area contributed by atoms with Crippen molar-refractivity contribution in [1.29, 1.82) is 0 Å². The molecule has 4 aromatic rings. The second kappa shape index (κ2) is 9.70. The first-order chi connectivity index (χ1) is 16.5. The Morgan fingerprint density at radius 3 is 2.68 bits per heavy atom. The molecular formula is C25H20Cl2N4O2S. The van der Waals surface area contributed by atoms with E-state index in [9.17, 15) is 9.00 Å². The van der Waals surface area contributed by atoms with Crippen LogP contribution in [0.3, 0.4) is 0 Å². The standard InChI is InChI=1S/C25H20Cl2N4O2S/c26-21-10-7-17(13-20(21)24-28-15-16-5-1-2-6-23(16)30-24)29-25(32)19-9-8-18(14-22(19)27)31-11-3-4-12-34(31)33/h1-2,5-10,13-15H,3-4,11-12H2,(H,29,32). The van der Waals surface area contributed by atoms with Gasteiger partial charge in [-0.3, -0.25) is 9.10 Å². The molecule has 1 saturated heterocycles. The molecule has 1 aliphatic rings.